The van der Waals surface area contributed by atoms with Crippen LogP contribution in [-0.2, 0) is 21.2 Å². The fraction of sp³-hybridized carbons (Fsp3) is 0.417. The number of carbonyl (C=O) groups excluding carboxylic acids is 1. The lowest BCUT2D eigenvalue weighted by atomic mass is 10.1. The van der Waals surface area contributed by atoms with Crippen molar-refractivity contribution in [1.82, 2.24) is 4.72 Å². The quantitative estimate of drug-likeness (QED) is 0.811. The number of hydrogen-bond donors (Lipinski definition) is 2. The first kappa shape index (κ1) is 14.7. The molecule has 1 aromatic carbocycles. The standard InChI is InChI=1S/C12H18N2O3S/c1-9(2)18(16,17)14-12(15)11(13)8-10-6-4-3-5-7-10/h3-7,9,11H,8,13H2,1-2H3,(H,14,15). The second-order valence-electron chi connectivity index (χ2n) is 4.36. The number of carbonyl (C=O) groups is 1. The van der Waals surface area contributed by atoms with Gasteiger partial charge in [0.25, 0.3) is 5.91 Å². The van der Waals surface area contributed by atoms with E-state index in [4.69, 9.17) is 5.73 Å². The average molecular weight is 270 g/mol. The molecule has 0 bridgehead atoms. The summed E-state index contributed by atoms with van der Waals surface area (Å²) in [7, 11) is -3.61. The van der Waals surface area contributed by atoms with E-state index in [0.29, 0.717) is 6.42 Å². The fourth-order valence-electron chi connectivity index (χ4n) is 1.29. The van der Waals surface area contributed by atoms with Crippen LogP contribution < -0.4 is 10.5 Å². The molecule has 0 fully saturated rings. The zero-order valence-corrected chi connectivity index (χ0v) is 11.3. The molecule has 3 N–H and O–H groups in total. The predicted molar refractivity (Wildman–Crippen MR) is 70.3 cm³/mol. The number of nitrogens with two attached hydrogens (primary N) is 1. The molecule has 0 aliphatic rings. The van der Waals surface area contributed by atoms with Gasteiger partial charge in [-0.05, 0) is 25.8 Å². The van der Waals surface area contributed by atoms with Crippen molar-refractivity contribution >= 4 is 15.9 Å². The lowest BCUT2D eigenvalue weighted by Gasteiger charge is -2.14. The molecule has 1 atom stereocenters. The van der Waals surface area contributed by atoms with Crippen LogP contribution in [0.25, 0.3) is 0 Å². The van der Waals surface area contributed by atoms with Gasteiger partial charge in [0.1, 0.15) is 0 Å². The molecule has 100 valence electrons. The smallest absolute Gasteiger partial charge is 0.250 e. The van der Waals surface area contributed by atoms with Crippen molar-refractivity contribution in [3.8, 4) is 0 Å². The van der Waals surface area contributed by atoms with Gasteiger partial charge in [-0.25, -0.2) is 8.42 Å². The molecule has 1 unspecified atom stereocenters. The molecule has 0 radical (unpaired) electrons. The molecule has 18 heavy (non-hydrogen) atoms. The Labute approximate surface area is 107 Å². The maximum Gasteiger partial charge on any atom is 0.250 e. The third-order valence-corrected chi connectivity index (χ3v) is 4.23. The molecule has 0 heterocycles. The maximum atomic E-state index is 11.7. The van der Waals surface area contributed by atoms with E-state index in [1.54, 1.807) is 0 Å². The molecule has 1 aromatic rings. The van der Waals surface area contributed by atoms with Crippen molar-refractivity contribution in [1.29, 1.82) is 0 Å². The summed E-state index contributed by atoms with van der Waals surface area (Å²) >= 11 is 0. The van der Waals surface area contributed by atoms with Gasteiger partial charge in [0, 0.05) is 0 Å². The second-order valence-corrected chi connectivity index (χ2v) is 6.59. The summed E-state index contributed by atoms with van der Waals surface area (Å²) in [5.74, 6) is -0.674. The average Bonchev–Trinajstić information content (AvgIpc) is 2.29. The van der Waals surface area contributed by atoms with Crippen molar-refractivity contribution < 1.29 is 13.2 Å². The minimum atomic E-state index is -3.61. The first-order valence-electron chi connectivity index (χ1n) is 5.68. The number of sulfonamides is 1. The zero-order valence-electron chi connectivity index (χ0n) is 10.5. The summed E-state index contributed by atoms with van der Waals surface area (Å²) in [6.07, 6.45) is 0.306. The number of amides is 1. The van der Waals surface area contributed by atoms with E-state index in [2.05, 4.69) is 0 Å². The van der Waals surface area contributed by atoms with E-state index in [0.717, 1.165) is 5.56 Å². The van der Waals surface area contributed by atoms with Crippen LogP contribution in [0.5, 0.6) is 0 Å². The predicted octanol–water partition coefficient (Wildman–Crippen LogP) is 0.411. The van der Waals surface area contributed by atoms with Crippen LogP contribution in [0.2, 0.25) is 0 Å². The Kier molecular flexibility index (Phi) is 4.86. The van der Waals surface area contributed by atoms with E-state index in [-0.39, 0.29) is 0 Å². The van der Waals surface area contributed by atoms with E-state index < -0.39 is 27.2 Å². The van der Waals surface area contributed by atoms with Gasteiger partial charge in [0.05, 0.1) is 11.3 Å². The Balaban J connectivity index is 2.63. The summed E-state index contributed by atoms with van der Waals surface area (Å²) in [6.45, 7) is 3.00. The number of benzene rings is 1. The van der Waals surface area contributed by atoms with E-state index >= 15 is 0 Å². The van der Waals surface area contributed by atoms with Crippen molar-refractivity contribution in [2.45, 2.75) is 31.6 Å². The molecule has 1 amide bonds. The molecule has 5 nitrogen and oxygen atoms in total. The fourth-order valence-corrected chi connectivity index (χ4v) is 1.96. The Bertz CT molecular complexity index is 497. The molecule has 0 saturated carbocycles. The zero-order chi connectivity index (χ0) is 13.8. The molecule has 1 rings (SSSR count). The number of rotatable bonds is 5. The van der Waals surface area contributed by atoms with Crippen LogP contribution in [0.3, 0.4) is 0 Å². The van der Waals surface area contributed by atoms with Crippen LogP contribution in [0.4, 0.5) is 0 Å². The molecule has 6 heteroatoms. The van der Waals surface area contributed by atoms with Gasteiger partial charge in [-0.3, -0.25) is 9.52 Å². The topological polar surface area (TPSA) is 89.3 Å². The summed E-state index contributed by atoms with van der Waals surface area (Å²) in [6, 6.07) is 8.34. The minimum Gasteiger partial charge on any atom is -0.320 e. The van der Waals surface area contributed by atoms with Gasteiger partial charge in [-0.2, -0.15) is 0 Å². The van der Waals surface area contributed by atoms with E-state index in [1.165, 1.54) is 13.8 Å². The van der Waals surface area contributed by atoms with Crippen molar-refractivity contribution in [2.75, 3.05) is 0 Å². The van der Waals surface area contributed by atoms with E-state index in [9.17, 15) is 13.2 Å². The van der Waals surface area contributed by atoms with Crippen LogP contribution in [0.1, 0.15) is 19.4 Å². The molecular weight excluding hydrogens is 252 g/mol. The third kappa shape index (κ3) is 4.12. The monoisotopic (exact) mass is 270 g/mol. The summed E-state index contributed by atoms with van der Waals surface area (Å²) in [5.41, 5.74) is 6.57. The lowest BCUT2D eigenvalue weighted by Crippen LogP contribution is -2.46. The maximum absolute atomic E-state index is 11.7. The van der Waals surface area contributed by atoms with Crippen LogP contribution in [-0.4, -0.2) is 25.6 Å². The Morgan fingerprint density at radius 1 is 1.28 bits per heavy atom. The second kappa shape index (κ2) is 5.97. The van der Waals surface area contributed by atoms with Crippen LogP contribution >= 0.6 is 0 Å². The van der Waals surface area contributed by atoms with Gasteiger partial charge in [-0.15, -0.1) is 0 Å². The highest BCUT2D eigenvalue weighted by Crippen LogP contribution is 2.03. The van der Waals surface area contributed by atoms with Gasteiger partial charge in [0.2, 0.25) is 10.0 Å². The molecule has 0 aromatic heterocycles. The summed E-state index contributed by atoms with van der Waals surface area (Å²) in [4.78, 5) is 11.7. The minimum absolute atomic E-state index is 0.306. The first-order chi connectivity index (χ1) is 8.33. The molecule has 0 aliphatic heterocycles. The summed E-state index contributed by atoms with van der Waals surface area (Å²) in [5, 5.41) is -0.662. The van der Waals surface area contributed by atoms with E-state index in [1.807, 2.05) is 35.1 Å². The number of nitrogens with one attached hydrogen (secondary N) is 1. The van der Waals surface area contributed by atoms with Gasteiger partial charge < -0.3 is 5.73 Å². The lowest BCUT2D eigenvalue weighted by molar-refractivity contribution is -0.120. The normalized spacial score (nSPS) is 13.3. The van der Waals surface area contributed by atoms with Gasteiger partial charge >= 0.3 is 0 Å². The highest BCUT2D eigenvalue weighted by molar-refractivity contribution is 7.90. The van der Waals surface area contributed by atoms with Gasteiger partial charge in [0.15, 0.2) is 0 Å². The van der Waals surface area contributed by atoms with Gasteiger partial charge in [-0.1, -0.05) is 30.3 Å². The third-order valence-electron chi connectivity index (χ3n) is 2.50. The molecule has 0 aliphatic carbocycles. The van der Waals surface area contributed by atoms with Crippen molar-refractivity contribution in [3.05, 3.63) is 35.9 Å². The van der Waals surface area contributed by atoms with Crippen molar-refractivity contribution in [2.24, 2.45) is 5.73 Å². The number of hydrogen-bond acceptors (Lipinski definition) is 4. The Hall–Kier alpha value is -1.40. The van der Waals surface area contributed by atoms with Crippen LogP contribution in [0, 0.1) is 0 Å². The molecule has 0 spiro atoms. The van der Waals surface area contributed by atoms with Crippen LogP contribution in [0.15, 0.2) is 30.3 Å². The van der Waals surface area contributed by atoms with Crippen molar-refractivity contribution in [3.63, 3.8) is 0 Å². The highest BCUT2D eigenvalue weighted by Gasteiger charge is 2.22. The highest BCUT2D eigenvalue weighted by atomic mass is 32.2. The molecule has 0 saturated heterocycles. The Morgan fingerprint density at radius 3 is 2.33 bits per heavy atom. The Morgan fingerprint density at radius 2 is 1.83 bits per heavy atom. The SMILES string of the molecule is CC(C)S(=O)(=O)NC(=O)C(N)Cc1ccccc1. The first-order valence-corrected chi connectivity index (χ1v) is 7.22. The summed E-state index contributed by atoms with van der Waals surface area (Å²) < 4.78 is 25.0. The molecular formula is C12H18N2O3S. The largest absolute Gasteiger partial charge is 0.320 e.